The summed E-state index contributed by atoms with van der Waals surface area (Å²) >= 11 is 0. The van der Waals surface area contributed by atoms with Gasteiger partial charge in [0.2, 0.25) is 5.91 Å². The van der Waals surface area contributed by atoms with Crippen molar-refractivity contribution < 1.29 is 4.79 Å². The van der Waals surface area contributed by atoms with Gasteiger partial charge in [-0.25, -0.2) is 5.32 Å². The fraction of sp³-hybridized carbons (Fsp3) is 0.750. The summed E-state index contributed by atoms with van der Waals surface area (Å²) in [6, 6.07) is 0. The van der Waals surface area contributed by atoms with Crippen molar-refractivity contribution in [3.05, 3.63) is 0 Å². The number of amides is 1. The maximum Gasteiger partial charge on any atom is 0.233 e. The molecule has 41 valence electrons. The molecule has 0 saturated heterocycles. The molecule has 3 nitrogen and oxygen atoms in total. The lowest BCUT2D eigenvalue weighted by Gasteiger charge is -1.88. The van der Waals surface area contributed by atoms with Crippen molar-refractivity contribution in [1.29, 1.82) is 0 Å². The van der Waals surface area contributed by atoms with E-state index in [4.69, 9.17) is 5.73 Å². The van der Waals surface area contributed by atoms with E-state index in [1.165, 1.54) is 0 Å². The van der Waals surface area contributed by atoms with Crippen LogP contribution in [0.3, 0.4) is 0 Å². The lowest BCUT2D eigenvalue weighted by atomic mass is 10.6. The van der Waals surface area contributed by atoms with E-state index < -0.39 is 0 Å². The second-order valence-corrected chi connectivity index (χ2v) is 1.16. The molecular weight excluding hydrogens is 92.1 g/mol. The molecular formula is C4H9N2O. The van der Waals surface area contributed by atoms with Gasteiger partial charge in [-0.15, -0.1) is 0 Å². The Morgan fingerprint density at radius 2 is 2.43 bits per heavy atom. The van der Waals surface area contributed by atoms with Crippen molar-refractivity contribution in [2.75, 3.05) is 13.1 Å². The summed E-state index contributed by atoms with van der Waals surface area (Å²) in [6.07, 6.45) is 0. The van der Waals surface area contributed by atoms with Crippen LogP contribution >= 0.6 is 0 Å². The Kier molecular flexibility index (Phi) is 3.32. The quantitative estimate of drug-likeness (QED) is 0.492. The van der Waals surface area contributed by atoms with Crippen LogP contribution < -0.4 is 11.1 Å². The molecule has 0 aliphatic heterocycles. The number of primary amides is 1. The summed E-state index contributed by atoms with van der Waals surface area (Å²) in [5.74, 6) is -0.359. The lowest BCUT2D eigenvalue weighted by Crippen LogP contribution is -2.23. The van der Waals surface area contributed by atoms with Gasteiger partial charge in [-0.2, -0.15) is 0 Å². The minimum absolute atomic E-state index is 0.163. The molecule has 0 heterocycles. The van der Waals surface area contributed by atoms with Crippen molar-refractivity contribution in [2.45, 2.75) is 6.92 Å². The molecule has 0 rings (SSSR count). The summed E-state index contributed by atoms with van der Waals surface area (Å²) in [5, 5.41) is 3.70. The van der Waals surface area contributed by atoms with E-state index in [0.717, 1.165) is 0 Å². The molecule has 0 aliphatic rings. The predicted octanol–water partition coefficient (Wildman–Crippen LogP) is -0.904. The van der Waals surface area contributed by atoms with Crippen LogP contribution in [0.5, 0.6) is 0 Å². The highest BCUT2D eigenvalue weighted by molar-refractivity contribution is 5.75. The van der Waals surface area contributed by atoms with Gasteiger partial charge in [-0.3, -0.25) is 4.79 Å². The van der Waals surface area contributed by atoms with Crippen molar-refractivity contribution in [2.24, 2.45) is 5.73 Å². The van der Waals surface area contributed by atoms with Gasteiger partial charge in [-0.1, -0.05) is 6.92 Å². The number of hydrogen-bond donors (Lipinski definition) is 1. The summed E-state index contributed by atoms with van der Waals surface area (Å²) in [6.45, 7) is 2.70. The Morgan fingerprint density at radius 1 is 1.86 bits per heavy atom. The minimum atomic E-state index is -0.359. The topological polar surface area (TPSA) is 57.2 Å². The fourth-order valence-corrected chi connectivity index (χ4v) is 0.222. The first kappa shape index (κ1) is 6.43. The molecule has 0 spiro atoms. The summed E-state index contributed by atoms with van der Waals surface area (Å²) < 4.78 is 0. The molecule has 1 radical (unpaired) electrons. The smallest absolute Gasteiger partial charge is 0.233 e. The van der Waals surface area contributed by atoms with Gasteiger partial charge in [0.25, 0.3) is 0 Å². The maximum atomic E-state index is 9.89. The summed E-state index contributed by atoms with van der Waals surface area (Å²) in [5.41, 5.74) is 4.75. The zero-order valence-corrected chi connectivity index (χ0v) is 4.35. The SMILES string of the molecule is CC[N]CC(N)=O. The maximum absolute atomic E-state index is 9.89. The molecule has 0 fully saturated rings. The molecule has 0 bridgehead atoms. The monoisotopic (exact) mass is 101 g/mol. The third kappa shape index (κ3) is 5.43. The van der Waals surface area contributed by atoms with Gasteiger partial charge in [0, 0.05) is 6.54 Å². The number of nitrogens with two attached hydrogens (primary N) is 1. The van der Waals surface area contributed by atoms with Crippen LogP contribution in [0.15, 0.2) is 0 Å². The highest BCUT2D eigenvalue weighted by atomic mass is 16.1. The number of hydrogen-bond acceptors (Lipinski definition) is 1. The average molecular weight is 101 g/mol. The standard InChI is InChI=1S/C4H9N2O/c1-2-6-3-4(5)7/h2-3H2,1H3,(H2,5,7). The van der Waals surface area contributed by atoms with E-state index in [1.54, 1.807) is 0 Å². The van der Waals surface area contributed by atoms with Crippen LogP contribution in [0.2, 0.25) is 0 Å². The molecule has 0 aromatic carbocycles. The second kappa shape index (κ2) is 3.61. The van der Waals surface area contributed by atoms with Crippen LogP contribution in [0.4, 0.5) is 0 Å². The van der Waals surface area contributed by atoms with Crippen molar-refractivity contribution >= 4 is 5.91 Å². The third-order valence-corrected chi connectivity index (χ3v) is 0.491. The Labute approximate surface area is 42.9 Å². The van der Waals surface area contributed by atoms with E-state index in [2.05, 4.69) is 5.32 Å². The third-order valence-electron chi connectivity index (χ3n) is 0.491. The van der Waals surface area contributed by atoms with E-state index in [-0.39, 0.29) is 12.5 Å². The van der Waals surface area contributed by atoms with E-state index in [1.807, 2.05) is 6.92 Å². The lowest BCUT2D eigenvalue weighted by molar-refractivity contribution is -0.117. The molecule has 0 aromatic heterocycles. The van der Waals surface area contributed by atoms with Gasteiger partial charge in [0.15, 0.2) is 0 Å². The van der Waals surface area contributed by atoms with Crippen LogP contribution in [-0.4, -0.2) is 19.0 Å². The van der Waals surface area contributed by atoms with Crippen molar-refractivity contribution in [1.82, 2.24) is 5.32 Å². The molecule has 0 aromatic rings. The largest absolute Gasteiger partial charge is 0.369 e. The summed E-state index contributed by atoms with van der Waals surface area (Å²) in [7, 11) is 0. The first-order valence-electron chi connectivity index (χ1n) is 2.19. The molecule has 0 atom stereocenters. The Morgan fingerprint density at radius 3 is 2.57 bits per heavy atom. The van der Waals surface area contributed by atoms with Gasteiger partial charge < -0.3 is 5.73 Å². The fourth-order valence-electron chi connectivity index (χ4n) is 0.222. The first-order valence-corrected chi connectivity index (χ1v) is 2.19. The van der Waals surface area contributed by atoms with Crippen LogP contribution in [0, 0.1) is 0 Å². The van der Waals surface area contributed by atoms with Gasteiger partial charge in [0.05, 0.1) is 6.54 Å². The predicted molar refractivity (Wildman–Crippen MR) is 26.7 cm³/mol. The second-order valence-electron chi connectivity index (χ2n) is 1.16. The normalized spacial score (nSPS) is 8.71. The number of likely N-dealkylation sites (N-methyl/N-ethyl adjacent to an activating group) is 1. The first-order chi connectivity index (χ1) is 3.27. The van der Waals surface area contributed by atoms with Gasteiger partial charge in [0.1, 0.15) is 0 Å². The van der Waals surface area contributed by atoms with Crippen LogP contribution in [0.25, 0.3) is 0 Å². The zero-order chi connectivity index (χ0) is 5.70. The molecule has 2 N–H and O–H groups in total. The Balaban J connectivity index is 2.82. The molecule has 3 heteroatoms. The van der Waals surface area contributed by atoms with E-state index >= 15 is 0 Å². The van der Waals surface area contributed by atoms with E-state index in [0.29, 0.717) is 6.54 Å². The van der Waals surface area contributed by atoms with Crippen LogP contribution in [0.1, 0.15) is 6.92 Å². The molecule has 7 heavy (non-hydrogen) atoms. The van der Waals surface area contributed by atoms with Gasteiger partial charge >= 0.3 is 0 Å². The Bertz CT molecular complexity index is 62.7. The summed E-state index contributed by atoms with van der Waals surface area (Å²) in [4.78, 5) is 9.89. The highest BCUT2D eigenvalue weighted by Gasteiger charge is 1.87. The van der Waals surface area contributed by atoms with Crippen LogP contribution in [-0.2, 0) is 4.79 Å². The molecule has 0 unspecified atom stereocenters. The van der Waals surface area contributed by atoms with E-state index in [9.17, 15) is 4.79 Å². The highest BCUT2D eigenvalue weighted by Crippen LogP contribution is 1.57. The molecule has 1 amide bonds. The average Bonchev–Trinajstić information content (AvgIpc) is 1.61. The number of carbonyl (C=O) groups is 1. The Hall–Kier alpha value is -0.570. The number of nitrogens with zero attached hydrogens (tertiary/aromatic N) is 1. The van der Waals surface area contributed by atoms with Gasteiger partial charge in [-0.05, 0) is 0 Å². The van der Waals surface area contributed by atoms with Crippen molar-refractivity contribution in [3.8, 4) is 0 Å². The molecule has 0 aliphatic carbocycles. The molecule has 0 saturated carbocycles. The minimum Gasteiger partial charge on any atom is -0.369 e. The zero-order valence-electron chi connectivity index (χ0n) is 4.35. The van der Waals surface area contributed by atoms with Crippen molar-refractivity contribution in [3.63, 3.8) is 0 Å². The number of carbonyl (C=O) groups excluding carboxylic acids is 1. The number of rotatable bonds is 3.